The average molecular weight is 383 g/mol. The number of hydrogen-bond donors (Lipinski definition) is 2. The van der Waals surface area contributed by atoms with Gasteiger partial charge in [0.15, 0.2) is 0 Å². The fourth-order valence-corrected chi connectivity index (χ4v) is 3.75. The molecule has 27 heavy (non-hydrogen) atoms. The van der Waals surface area contributed by atoms with Gasteiger partial charge in [0.1, 0.15) is 5.65 Å². The van der Waals surface area contributed by atoms with E-state index < -0.39 is 0 Å². The van der Waals surface area contributed by atoms with Crippen molar-refractivity contribution in [3.8, 4) is 0 Å². The van der Waals surface area contributed by atoms with E-state index in [1.54, 1.807) is 11.8 Å². The Morgan fingerprint density at radius 2 is 2.00 bits per heavy atom. The number of carbonyl (C=O) groups is 1. The summed E-state index contributed by atoms with van der Waals surface area (Å²) in [6.45, 7) is 4.71. The zero-order chi connectivity index (χ0) is 19.2. The Kier molecular flexibility index (Phi) is 6.53. The quantitative estimate of drug-likeness (QED) is 0.582. The number of fused-ring (bicyclic) bond motifs is 1. The number of thioether (sulfide) groups is 1. The molecule has 0 saturated carbocycles. The van der Waals surface area contributed by atoms with Gasteiger partial charge in [-0.25, -0.2) is 4.98 Å². The first-order valence-corrected chi connectivity index (χ1v) is 10.2. The third kappa shape index (κ3) is 5.34. The Morgan fingerprint density at radius 3 is 2.67 bits per heavy atom. The molecule has 3 rings (SSSR count). The Hall–Kier alpha value is -2.31. The molecule has 1 unspecified atom stereocenters. The number of amides is 1. The summed E-state index contributed by atoms with van der Waals surface area (Å²) in [5.74, 6) is 1.22. The molecule has 0 fully saturated rings. The molecule has 0 bridgehead atoms. The molecule has 6 heteroatoms. The highest BCUT2D eigenvalue weighted by Crippen LogP contribution is 2.23. The lowest BCUT2D eigenvalue weighted by molar-refractivity contribution is 0.0933. The highest BCUT2D eigenvalue weighted by molar-refractivity contribution is 7.98. The summed E-state index contributed by atoms with van der Waals surface area (Å²) in [7, 11) is 0. The monoisotopic (exact) mass is 382 g/mol. The van der Waals surface area contributed by atoms with Gasteiger partial charge in [0.05, 0.1) is 5.69 Å². The van der Waals surface area contributed by atoms with Gasteiger partial charge in [0.25, 0.3) is 5.91 Å². The van der Waals surface area contributed by atoms with Crippen LogP contribution in [0.2, 0.25) is 0 Å². The number of carbonyl (C=O) groups excluding carboxylic acids is 1. The topological polar surface area (TPSA) is 72.4 Å². The smallest absolute Gasteiger partial charge is 0.251 e. The standard InChI is InChI=1S/C21H26N4OS/c1-15(2)11-17(12-22)24-21(26)16-6-8-19(9-7-16)27-14-18-13-25-10-4-3-5-20(25)23-18/h3-10,13,15,17H,11-12,14,22H2,1-2H3,(H,24,26). The second-order valence-corrected chi connectivity index (χ2v) is 8.10. The number of rotatable bonds is 8. The van der Waals surface area contributed by atoms with Gasteiger partial charge in [-0.2, -0.15) is 0 Å². The van der Waals surface area contributed by atoms with E-state index in [-0.39, 0.29) is 11.9 Å². The van der Waals surface area contributed by atoms with Gasteiger partial charge in [0.2, 0.25) is 0 Å². The first-order chi connectivity index (χ1) is 13.0. The molecule has 3 aromatic rings. The number of aromatic nitrogens is 2. The van der Waals surface area contributed by atoms with Crippen molar-refractivity contribution in [2.75, 3.05) is 6.54 Å². The van der Waals surface area contributed by atoms with Crippen LogP contribution in [0.1, 0.15) is 36.3 Å². The molecule has 1 aromatic carbocycles. The zero-order valence-corrected chi connectivity index (χ0v) is 16.6. The normalized spacial score (nSPS) is 12.4. The van der Waals surface area contributed by atoms with E-state index in [1.165, 1.54) is 0 Å². The van der Waals surface area contributed by atoms with Gasteiger partial charge in [-0.1, -0.05) is 19.9 Å². The van der Waals surface area contributed by atoms with Crippen molar-refractivity contribution in [3.05, 3.63) is 66.1 Å². The molecule has 0 aliphatic carbocycles. The third-order valence-corrected chi connectivity index (χ3v) is 5.34. The predicted molar refractivity (Wildman–Crippen MR) is 111 cm³/mol. The second kappa shape index (κ2) is 9.06. The van der Waals surface area contributed by atoms with E-state index in [9.17, 15) is 4.79 Å². The van der Waals surface area contributed by atoms with Gasteiger partial charge >= 0.3 is 0 Å². The molecule has 1 amide bonds. The maximum atomic E-state index is 12.4. The zero-order valence-electron chi connectivity index (χ0n) is 15.8. The fraction of sp³-hybridized carbons (Fsp3) is 0.333. The van der Waals surface area contributed by atoms with Crippen LogP contribution in [0, 0.1) is 5.92 Å². The number of pyridine rings is 1. The van der Waals surface area contributed by atoms with Gasteiger partial charge in [-0.15, -0.1) is 11.8 Å². The molecule has 0 radical (unpaired) electrons. The summed E-state index contributed by atoms with van der Waals surface area (Å²) in [5, 5.41) is 3.02. The van der Waals surface area contributed by atoms with E-state index in [4.69, 9.17) is 5.73 Å². The largest absolute Gasteiger partial charge is 0.348 e. The molecular weight excluding hydrogens is 356 g/mol. The van der Waals surface area contributed by atoms with Crippen LogP contribution in [0.3, 0.4) is 0 Å². The molecule has 0 aliphatic heterocycles. The average Bonchev–Trinajstić information content (AvgIpc) is 3.08. The lowest BCUT2D eigenvalue weighted by Gasteiger charge is -2.18. The Bertz CT molecular complexity index is 856. The molecule has 0 spiro atoms. The summed E-state index contributed by atoms with van der Waals surface area (Å²) < 4.78 is 2.02. The molecule has 0 saturated heterocycles. The molecule has 2 heterocycles. The van der Waals surface area contributed by atoms with Crippen LogP contribution in [0.4, 0.5) is 0 Å². The van der Waals surface area contributed by atoms with Crippen LogP contribution in [0.15, 0.2) is 59.8 Å². The van der Waals surface area contributed by atoms with Gasteiger partial charge in [-0.05, 0) is 48.7 Å². The summed E-state index contributed by atoms with van der Waals surface area (Å²) in [4.78, 5) is 18.1. The third-order valence-electron chi connectivity index (χ3n) is 4.29. The van der Waals surface area contributed by atoms with E-state index in [2.05, 4.69) is 24.1 Å². The minimum atomic E-state index is -0.0667. The van der Waals surface area contributed by atoms with Crippen LogP contribution in [0.25, 0.3) is 5.65 Å². The minimum Gasteiger partial charge on any atom is -0.348 e. The predicted octanol–water partition coefficient (Wildman–Crippen LogP) is 3.73. The highest BCUT2D eigenvalue weighted by Gasteiger charge is 2.14. The Labute approximate surface area is 164 Å². The maximum absolute atomic E-state index is 12.4. The van der Waals surface area contributed by atoms with Crippen LogP contribution in [0.5, 0.6) is 0 Å². The number of hydrogen-bond acceptors (Lipinski definition) is 4. The lowest BCUT2D eigenvalue weighted by atomic mass is 10.0. The molecule has 2 aromatic heterocycles. The van der Waals surface area contributed by atoms with Gasteiger partial charge in [-0.3, -0.25) is 4.79 Å². The highest BCUT2D eigenvalue weighted by atomic mass is 32.2. The molecule has 0 aliphatic rings. The van der Waals surface area contributed by atoms with Crippen LogP contribution < -0.4 is 11.1 Å². The molecular formula is C21H26N4OS. The Balaban J connectivity index is 1.57. The van der Waals surface area contributed by atoms with Crippen molar-refractivity contribution >= 4 is 23.3 Å². The van der Waals surface area contributed by atoms with Gasteiger partial charge < -0.3 is 15.5 Å². The first-order valence-electron chi connectivity index (χ1n) is 9.21. The van der Waals surface area contributed by atoms with Crippen LogP contribution in [-0.2, 0) is 5.75 Å². The SMILES string of the molecule is CC(C)CC(CN)NC(=O)c1ccc(SCc2cn3ccccc3n2)cc1. The van der Waals surface area contributed by atoms with E-state index in [1.807, 2.05) is 59.3 Å². The van der Waals surface area contributed by atoms with E-state index in [0.717, 1.165) is 28.4 Å². The minimum absolute atomic E-state index is 0.0154. The van der Waals surface area contributed by atoms with Gasteiger partial charge in [0, 0.05) is 41.2 Å². The van der Waals surface area contributed by atoms with Crippen molar-refractivity contribution in [3.63, 3.8) is 0 Å². The fourth-order valence-electron chi connectivity index (χ4n) is 2.97. The molecule has 142 valence electrons. The van der Waals surface area contributed by atoms with Crippen molar-refractivity contribution in [2.24, 2.45) is 11.7 Å². The van der Waals surface area contributed by atoms with Crippen molar-refractivity contribution in [2.45, 2.75) is 37.0 Å². The molecule has 5 nitrogen and oxygen atoms in total. The van der Waals surface area contributed by atoms with E-state index >= 15 is 0 Å². The molecule has 1 atom stereocenters. The molecule has 3 N–H and O–H groups in total. The number of nitrogens with zero attached hydrogens (tertiary/aromatic N) is 2. The summed E-state index contributed by atoms with van der Waals surface area (Å²) in [6, 6.07) is 13.7. The summed E-state index contributed by atoms with van der Waals surface area (Å²) >= 11 is 1.71. The lowest BCUT2D eigenvalue weighted by Crippen LogP contribution is -2.41. The van der Waals surface area contributed by atoms with Crippen molar-refractivity contribution in [1.29, 1.82) is 0 Å². The number of benzene rings is 1. The number of nitrogens with one attached hydrogen (secondary N) is 1. The summed E-state index contributed by atoms with van der Waals surface area (Å²) in [6.07, 6.45) is 4.93. The number of imidazole rings is 1. The number of nitrogens with two attached hydrogens (primary N) is 1. The maximum Gasteiger partial charge on any atom is 0.251 e. The second-order valence-electron chi connectivity index (χ2n) is 7.05. The first kappa shape index (κ1) is 19.5. The Morgan fingerprint density at radius 1 is 1.22 bits per heavy atom. The van der Waals surface area contributed by atoms with E-state index in [0.29, 0.717) is 18.0 Å². The van der Waals surface area contributed by atoms with Crippen molar-refractivity contribution in [1.82, 2.24) is 14.7 Å². The summed E-state index contributed by atoms with van der Waals surface area (Å²) in [5.41, 5.74) is 8.42. The van der Waals surface area contributed by atoms with Crippen molar-refractivity contribution < 1.29 is 4.79 Å². The van der Waals surface area contributed by atoms with Crippen LogP contribution in [-0.4, -0.2) is 27.9 Å². The van der Waals surface area contributed by atoms with Crippen LogP contribution >= 0.6 is 11.8 Å².